The Hall–Kier alpha value is -1.32. The van der Waals surface area contributed by atoms with Gasteiger partial charge in [-0.1, -0.05) is 66.2 Å². The van der Waals surface area contributed by atoms with E-state index < -0.39 is 11.9 Å². The third-order valence-corrected chi connectivity index (χ3v) is 4.65. The number of esters is 2. The van der Waals surface area contributed by atoms with Gasteiger partial charge in [-0.25, -0.2) is 9.59 Å². The molecule has 0 fully saturated rings. The lowest BCUT2D eigenvalue weighted by Crippen LogP contribution is -2.16. The molecule has 0 aromatic heterocycles. The summed E-state index contributed by atoms with van der Waals surface area (Å²) in [4.78, 5) is 23.9. The fourth-order valence-electron chi connectivity index (χ4n) is 2.58. The van der Waals surface area contributed by atoms with E-state index in [1.807, 2.05) is 0 Å². The average Bonchev–Trinajstić information content (AvgIpc) is 2.61. The topological polar surface area (TPSA) is 52.6 Å². The largest absolute Gasteiger partial charge is 0.462 e. The molecule has 0 saturated carbocycles. The van der Waals surface area contributed by atoms with Gasteiger partial charge in [-0.3, -0.25) is 0 Å². The molecule has 0 radical (unpaired) electrons. The smallest absolute Gasteiger partial charge is 0.333 e. The highest BCUT2D eigenvalue weighted by Gasteiger charge is 2.14. The van der Waals surface area contributed by atoms with Gasteiger partial charge in [-0.15, -0.1) is 0 Å². The van der Waals surface area contributed by atoms with Crippen molar-refractivity contribution in [3.05, 3.63) is 11.6 Å². The van der Waals surface area contributed by atoms with Crippen molar-refractivity contribution in [1.29, 1.82) is 0 Å². The SMILES string of the molecule is CCCCC(CC)COC(=O)C=C(C)C(=O)OCC(CC)CCCC. The summed E-state index contributed by atoms with van der Waals surface area (Å²) in [6.45, 7) is 11.0. The Kier molecular flexibility index (Phi) is 14.2. The number of hydrogen-bond acceptors (Lipinski definition) is 4. The monoisotopic (exact) mass is 354 g/mol. The minimum Gasteiger partial charge on any atom is -0.462 e. The molecule has 0 aromatic carbocycles. The van der Waals surface area contributed by atoms with Gasteiger partial charge in [0.15, 0.2) is 0 Å². The van der Waals surface area contributed by atoms with Gasteiger partial charge in [0.2, 0.25) is 0 Å². The van der Waals surface area contributed by atoms with E-state index >= 15 is 0 Å². The van der Waals surface area contributed by atoms with Gasteiger partial charge < -0.3 is 9.47 Å². The van der Waals surface area contributed by atoms with Crippen molar-refractivity contribution in [3.8, 4) is 0 Å². The van der Waals surface area contributed by atoms with Gasteiger partial charge in [0.1, 0.15) is 0 Å². The minimum absolute atomic E-state index is 0.303. The molecular weight excluding hydrogens is 316 g/mol. The first-order chi connectivity index (χ1) is 12.0. The van der Waals surface area contributed by atoms with Crippen LogP contribution in [0.25, 0.3) is 0 Å². The van der Waals surface area contributed by atoms with E-state index in [-0.39, 0.29) is 0 Å². The first kappa shape index (κ1) is 23.7. The molecule has 0 aromatic rings. The van der Waals surface area contributed by atoms with Crippen LogP contribution in [0.15, 0.2) is 11.6 Å². The van der Waals surface area contributed by atoms with Crippen LogP contribution in [0.2, 0.25) is 0 Å². The number of carbonyl (C=O) groups is 2. The molecule has 0 aliphatic carbocycles. The first-order valence-electron chi connectivity index (χ1n) is 10.00. The van der Waals surface area contributed by atoms with Crippen LogP contribution in [0, 0.1) is 11.8 Å². The standard InChI is InChI=1S/C21H38O4/c1-6-10-12-18(8-3)15-24-20(22)14-17(5)21(23)25-16-19(9-4)13-11-7-2/h14,18-19H,6-13,15-16H2,1-5H3. The summed E-state index contributed by atoms with van der Waals surface area (Å²) in [6, 6.07) is 0. The van der Waals surface area contributed by atoms with Crippen LogP contribution in [0.3, 0.4) is 0 Å². The molecule has 0 heterocycles. The van der Waals surface area contributed by atoms with Crippen LogP contribution in [-0.2, 0) is 19.1 Å². The molecule has 4 nitrogen and oxygen atoms in total. The second-order valence-electron chi connectivity index (χ2n) is 6.89. The molecule has 0 N–H and O–H groups in total. The van der Waals surface area contributed by atoms with Crippen LogP contribution in [-0.4, -0.2) is 25.2 Å². The molecule has 4 heteroatoms. The van der Waals surface area contributed by atoms with Crippen LogP contribution >= 0.6 is 0 Å². The van der Waals surface area contributed by atoms with Crippen molar-refractivity contribution >= 4 is 11.9 Å². The molecule has 0 amide bonds. The Morgan fingerprint density at radius 2 is 1.32 bits per heavy atom. The maximum Gasteiger partial charge on any atom is 0.333 e. The first-order valence-corrected chi connectivity index (χ1v) is 10.00. The number of unbranched alkanes of at least 4 members (excludes halogenated alkanes) is 2. The van der Waals surface area contributed by atoms with Crippen LogP contribution in [0.1, 0.15) is 86.0 Å². The van der Waals surface area contributed by atoms with Crippen LogP contribution in [0.5, 0.6) is 0 Å². The molecule has 2 unspecified atom stereocenters. The summed E-state index contributed by atoms with van der Waals surface area (Å²) >= 11 is 0. The van der Waals surface area contributed by atoms with Gasteiger partial charge in [0, 0.05) is 11.6 Å². The zero-order valence-corrected chi connectivity index (χ0v) is 16.9. The van der Waals surface area contributed by atoms with E-state index in [4.69, 9.17) is 9.47 Å². The molecule has 0 saturated heterocycles. The molecule has 0 bridgehead atoms. The average molecular weight is 355 g/mol. The van der Waals surface area contributed by atoms with Gasteiger partial charge in [0.05, 0.1) is 13.2 Å². The molecule has 146 valence electrons. The van der Waals surface area contributed by atoms with Gasteiger partial charge >= 0.3 is 11.9 Å². The quantitative estimate of drug-likeness (QED) is 0.307. The number of ether oxygens (including phenoxy) is 2. The molecule has 0 spiro atoms. The normalized spacial score (nSPS) is 14.0. The van der Waals surface area contributed by atoms with E-state index in [1.165, 1.54) is 6.08 Å². The number of carbonyl (C=O) groups excluding carboxylic acids is 2. The van der Waals surface area contributed by atoms with E-state index in [0.29, 0.717) is 30.6 Å². The van der Waals surface area contributed by atoms with Crippen molar-refractivity contribution < 1.29 is 19.1 Å². The highest BCUT2D eigenvalue weighted by molar-refractivity contribution is 5.95. The van der Waals surface area contributed by atoms with Gasteiger partial charge in [-0.2, -0.15) is 0 Å². The lowest BCUT2D eigenvalue weighted by molar-refractivity contribution is -0.142. The van der Waals surface area contributed by atoms with Crippen molar-refractivity contribution in [3.63, 3.8) is 0 Å². The second-order valence-corrected chi connectivity index (χ2v) is 6.89. The Labute approximate surface area is 154 Å². The number of hydrogen-bond donors (Lipinski definition) is 0. The zero-order chi connectivity index (χ0) is 19.1. The molecule has 0 rings (SSSR count). The molecule has 0 aliphatic heterocycles. The zero-order valence-electron chi connectivity index (χ0n) is 16.9. The van der Waals surface area contributed by atoms with Crippen molar-refractivity contribution in [2.45, 2.75) is 86.0 Å². The predicted octanol–water partition coefficient (Wildman–Crippen LogP) is 5.45. The Morgan fingerprint density at radius 1 is 0.840 bits per heavy atom. The third-order valence-electron chi connectivity index (χ3n) is 4.65. The third kappa shape index (κ3) is 11.8. The highest BCUT2D eigenvalue weighted by Crippen LogP contribution is 2.15. The fourth-order valence-corrected chi connectivity index (χ4v) is 2.58. The predicted molar refractivity (Wildman–Crippen MR) is 102 cm³/mol. The fraction of sp³-hybridized carbons (Fsp3) is 0.810. The number of rotatable bonds is 14. The minimum atomic E-state index is -0.456. The summed E-state index contributed by atoms with van der Waals surface area (Å²) < 4.78 is 10.6. The molecule has 0 aliphatic rings. The van der Waals surface area contributed by atoms with E-state index in [2.05, 4.69) is 27.7 Å². The van der Waals surface area contributed by atoms with Crippen LogP contribution < -0.4 is 0 Å². The highest BCUT2D eigenvalue weighted by atomic mass is 16.5. The Balaban J connectivity index is 4.29. The summed E-state index contributed by atoms with van der Waals surface area (Å²) in [6.07, 6.45) is 9.97. The van der Waals surface area contributed by atoms with Gasteiger partial charge in [-0.05, 0) is 31.6 Å². The lowest BCUT2D eigenvalue weighted by atomic mass is 10.0. The maximum absolute atomic E-state index is 12.0. The van der Waals surface area contributed by atoms with E-state index in [1.54, 1.807) is 6.92 Å². The summed E-state index contributed by atoms with van der Waals surface area (Å²) in [7, 11) is 0. The van der Waals surface area contributed by atoms with Crippen molar-refractivity contribution in [2.24, 2.45) is 11.8 Å². The summed E-state index contributed by atoms with van der Waals surface area (Å²) in [5, 5.41) is 0. The maximum atomic E-state index is 12.0. The Morgan fingerprint density at radius 3 is 1.76 bits per heavy atom. The summed E-state index contributed by atoms with van der Waals surface area (Å²) in [5.74, 6) is -0.0895. The van der Waals surface area contributed by atoms with Gasteiger partial charge in [0.25, 0.3) is 0 Å². The van der Waals surface area contributed by atoms with E-state index in [0.717, 1.165) is 51.4 Å². The van der Waals surface area contributed by atoms with Crippen molar-refractivity contribution in [2.75, 3.05) is 13.2 Å². The second kappa shape index (κ2) is 15.0. The Bertz CT molecular complexity index is 401. The summed E-state index contributed by atoms with van der Waals surface area (Å²) in [5.41, 5.74) is 0.303. The molecular formula is C21H38O4. The molecule has 25 heavy (non-hydrogen) atoms. The van der Waals surface area contributed by atoms with E-state index in [9.17, 15) is 9.59 Å². The lowest BCUT2D eigenvalue weighted by Gasteiger charge is -2.15. The van der Waals surface area contributed by atoms with Crippen molar-refractivity contribution in [1.82, 2.24) is 0 Å². The molecule has 2 atom stereocenters. The van der Waals surface area contributed by atoms with Crippen LogP contribution in [0.4, 0.5) is 0 Å².